The average Bonchev–Trinajstić information content (AvgIpc) is 2.50. The highest BCUT2D eigenvalue weighted by Gasteiger charge is 2.07. The van der Waals surface area contributed by atoms with Gasteiger partial charge >= 0.3 is 0 Å². The molecule has 0 saturated carbocycles. The molecule has 2 aromatic carbocycles. The lowest BCUT2D eigenvalue weighted by molar-refractivity contribution is 0.303. The van der Waals surface area contributed by atoms with Crippen LogP contribution in [0, 0.1) is 0 Å². The Balaban J connectivity index is 2.20. The van der Waals surface area contributed by atoms with Crippen LogP contribution in [0.5, 0.6) is 11.5 Å². The smallest absolute Gasteiger partial charge is 0.133 e. The third kappa shape index (κ3) is 4.31. The molecule has 0 fully saturated rings. The molecule has 3 heteroatoms. The quantitative estimate of drug-likeness (QED) is 0.514. The van der Waals surface area contributed by atoms with Crippen molar-refractivity contribution in [3.63, 3.8) is 0 Å². The van der Waals surface area contributed by atoms with Crippen molar-refractivity contribution in [2.45, 2.75) is 44.4 Å². The summed E-state index contributed by atoms with van der Waals surface area (Å²) in [5.74, 6) is 1.75. The van der Waals surface area contributed by atoms with E-state index in [1.807, 2.05) is 12.1 Å². The number of hydrogen-bond acceptors (Lipinski definition) is 3. The van der Waals surface area contributed by atoms with E-state index in [1.165, 1.54) is 0 Å². The lowest BCUT2D eigenvalue weighted by atomic mass is 10.1. The fourth-order valence-corrected chi connectivity index (χ4v) is 2.46. The largest absolute Gasteiger partial charge is 0.494 e. The van der Waals surface area contributed by atoms with Crippen molar-refractivity contribution >= 4 is 23.4 Å². The summed E-state index contributed by atoms with van der Waals surface area (Å²) in [7, 11) is 0. The van der Waals surface area contributed by atoms with Crippen LogP contribution < -0.4 is 9.47 Å². The molecule has 21 heavy (non-hydrogen) atoms. The van der Waals surface area contributed by atoms with Gasteiger partial charge in [0, 0.05) is 5.39 Å². The summed E-state index contributed by atoms with van der Waals surface area (Å²) in [5, 5.41) is 2.24. The first-order valence-electron chi connectivity index (χ1n) is 7.77. The summed E-state index contributed by atoms with van der Waals surface area (Å²) < 4.78 is 11.6. The van der Waals surface area contributed by atoms with E-state index in [4.69, 9.17) is 9.47 Å². The van der Waals surface area contributed by atoms with Crippen LogP contribution in [0.1, 0.15) is 39.5 Å². The molecular formula is C18H24O2S. The minimum atomic E-state index is 0.738. The minimum absolute atomic E-state index is 0.738. The van der Waals surface area contributed by atoms with E-state index in [-0.39, 0.29) is 0 Å². The van der Waals surface area contributed by atoms with Gasteiger partial charge in [-0.1, -0.05) is 38.8 Å². The zero-order valence-electron chi connectivity index (χ0n) is 12.9. The van der Waals surface area contributed by atoms with Gasteiger partial charge in [0.1, 0.15) is 11.5 Å². The molecule has 0 spiro atoms. The van der Waals surface area contributed by atoms with E-state index in [2.05, 4.69) is 44.7 Å². The Morgan fingerprint density at radius 1 is 0.905 bits per heavy atom. The molecule has 0 aliphatic carbocycles. The molecule has 0 radical (unpaired) electrons. The first kappa shape index (κ1) is 16.0. The van der Waals surface area contributed by atoms with Gasteiger partial charge in [0.25, 0.3) is 0 Å². The van der Waals surface area contributed by atoms with Crippen LogP contribution in [0.25, 0.3) is 10.8 Å². The van der Waals surface area contributed by atoms with Crippen molar-refractivity contribution in [1.82, 2.24) is 0 Å². The average molecular weight is 304 g/mol. The Bertz CT molecular complexity index is 575. The lowest BCUT2D eigenvalue weighted by Gasteiger charge is -2.12. The number of ether oxygens (including phenoxy) is 2. The predicted molar refractivity (Wildman–Crippen MR) is 92.0 cm³/mol. The first-order valence-corrected chi connectivity index (χ1v) is 8.22. The minimum Gasteiger partial charge on any atom is -0.494 e. The molecule has 114 valence electrons. The second-order valence-electron chi connectivity index (χ2n) is 5.20. The number of unbranched alkanes of at least 4 members (excludes halogenated alkanes) is 2. The summed E-state index contributed by atoms with van der Waals surface area (Å²) in [6, 6.07) is 10.2. The van der Waals surface area contributed by atoms with E-state index in [0.717, 1.165) is 66.1 Å². The fraction of sp³-hybridized carbons (Fsp3) is 0.444. The Morgan fingerprint density at radius 2 is 1.57 bits per heavy atom. The standard InChI is InChI=1S/C18H24O2S/c1-3-5-11-19-15-9-7-14-8-10-17(20-12-6-4-2)18(21)16(14)13-15/h7-10,13,21H,3-6,11-12H2,1-2H3. The van der Waals surface area contributed by atoms with Gasteiger partial charge in [0.05, 0.1) is 18.1 Å². The molecule has 0 unspecified atom stereocenters. The van der Waals surface area contributed by atoms with Crippen molar-refractivity contribution < 1.29 is 9.47 Å². The molecule has 0 amide bonds. The maximum absolute atomic E-state index is 5.81. The molecule has 0 saturated heterocycles. The van der Waals surface area contributed by atoms with Gasteiger partial charge in [-0.05, 0) is 36.4 Å². The Morgan fingerprint density at radius 3 is 2.29 bits per heavy atom. The van der Waals surface area contributed by atoms with E-state index in [9.17, 15) is 0 Å². The number of hydrogen-bond donors (Lipinski definition) is 1. The molecular weight excluding hydrogens is 280 g/mol. The van der Waals surface area contributed by atoms with Gasteiger partial charge in [0.2, 0.25) is 0 Å². The van der Waals surface area contributed by atoms with Gasteiger partial charge in [-0.2, -0.15) is 0 Å². The summed E-state index contributed by atoms with van der Waals surface area (Å²) in [6.07, 6.45) is 4.41. The molecule has 2 nitrogen and oxygen atoms in total. The highest BCUT2D eigenvalue weighted by molar-refractivity contribution is 7.80. The maximum Gasteiger partial charge on any atom is 0.133 e. The van der Waals surface area contributed by atoms with Crippen molar-refractivity contribution in [2.75, 3.05) is 13.2 Å². The molecule has 2 rings (SSSR count). The molecule has 0 N–H and O–H groups in total. The van der Waals surface area contributed by atoms with Crippen molar-refractivity contribution in [3.8, 4) is 11.5 Å². The van der Waals surface area contributed by atoms with E-state index >= 15 is 0 Å². The molecule has 0 bridgehead atoms. The zero-order valence-corrected chi connectivity index (χ0v) is 13.8. The normalized spacial score (nSPS) is 10.8. The monoisotopic (exact) mass is 304 g/mol. The number of fused-ring (bicyclic) bond motifs is 1. The van der Waals surface area contributed by atoms with Crippen molar-refractivity contribution in [2.24, 2.45) is 0 Å². The first-order chi connectivity index (χ1) is 10.3. The lowest BCUT2D eigenvalue weighted by Crippen LogP contribution is -1.98. The third-order valence-corrected chi connectivity index (χ3v) is 3.91. The van der Waals surface area contributed by atoms with Gasteiger partial charge < -0.3 is 9.47 Å². The van der Waals surface area contributed by atoms with Gasteiger partial charge in [-0.25, -0.2) is 0 Å². The number of thiol groups is 1. The van der Waals surface area contributed by atoms with E-state index in [1.54, 1.807) is 0 Å². The van der Waals surface area contributed by atoms with Crippen molar-refractivity contribution in [1.29, 1.82) is 0 Å². The van der Waals surface area contributed by atoms with Crippen LogP contribution in [0.3, 0.4) is 0 Å². The van der Waals surface area contributed by atoms with Crippen LogP contribution in [0.4, 0.5) is 0 Å². The highest BCUT2D eigenvalue weighted by Crippen LogP contribution is 2.33. The molecule has 0 aliphatic rings. The summed E-state index contributed by atoms with van der Waals surface area (Å²) in [4.78, 5) is 0.893. The van der Waals surface area contributed by atoms with Gasteiger partial charge in [-0.3, -0.25) is 0 Å². The molecule has 2 aromatic rings. The third-order valence-electron chi connectivity index (χ3n) is 3.45. The number of rotatable bonds is 8. The van der Waals surface area contributed by atoms with Crippen LogP contribution in [-0.4, -0.2) is 13.2 Å². The molecule has 0 atom stereocenters. The fourth-order valence-electron chi connectivity index (χ4n) is 2.13. The van der Waals surface area contributed by atoms with Gasteiger partial charge in [-0.15, -0.1) is 12.6 Å². The zero-order chi connectivity index (χ0) is 15.1. The Hall–Kier alpha value is -1.35. The highest BCUT2D eigenvalue weighted by atomic mass is 32.1. The van der Waals surface area contributed by atoms with E-state index in [0.29, 0.717) is 0 Å². The SMILES string of the molecule is CCCCOc1ccc2ccc(OCCCC)c(S)c2c1. The Kier molecular flexibility index (Phi) is 6.24. The maximum atomic E-state index is 5.81. The summed E-state index contributed by atoms with van der Waals surface area (Å²) in [6.45, 7) is 5.82. The van der Waals surface area contributed by atoms with Crippen molar-refractivity contribution in [3.05, 3.63) is 30.3 Å². The Labute approximate surface area is 132 Å². The molecule has 0 aliphatic heterocycles. The summed E-state index contributed by atoms with van der Waals surface area (Å²) in [5.41, 5.74) is 0. The van der Waals surface area contributed by atoms with Crippen LogP contribution >= 0.6 is 12.6 Å². The molecule has 0 heterocycles. The predicted octanol–water partition coefficient (Wildman–Crippen LogP) is 5.49. The summed E-state index contributed by atoms with van der Waals surface area (Å²) >= 11 is 4.64. The number of benzene rings is 2. The van der Waals surface area contributed by atoms with Crippen LogP contribution in [0.2, 0.25) is 0 Å². The van der Waals surface area contributed by atoms with Crippen LogP contribution in [0.15, 0.2) is 35.2 Å². The second-order valence-corrected chi connectivity index (χ2v) is 5.65. The molecule has 0 aromatic heterocycles. The van der Waals surface area contributed by atoms with Crippen LogP contribution in [-0.2, 0) is 0 Å². The van der Waals surface area contributed by atoms with Gasteiger partial charge in [0.15, 0.2) is 0 Å². The van der Waals surface area contributed by atoms with E-state index < -0.39 is 0 Å². The second kappa shape index (κ2) is 8.18. The topological polar surface area (TPSA) is 18.5 Å².